The van der Waals surface area contributed by atoms with E-state index in [-0.39, 0.29) is 0 Å². The maximum absolute atomic E-state index is 7.01. The summed E-state index contributed by atoms with van der Waals surface area (Å²) in [6, 6.07) is 81.4. The van der Waals surface area contributed by atoms with Crippen LogP contribution in [0, 0.1) is 0 Å². The molecule has 65 heavy (non-hydrogen) atoms. The summed E-state index contributed by atoms with van der Waals surface area (Å²) >= 11 is 0. The molecule has 0 amide bonds. The number of furan rings is 1. The predicted octanol–water partition coefficient (Wildman–Crippen LogP) is 16.4. The van der Waals surface area contributed by atoms with Crippen LogP contribution in [-0.4, -0.2) is 11.5 Å². The summed E-state index contributed by atoms with van der Waals surface area (Å²) in [5.74, 6) is 0.686. The summed E-state index contributed by atoms with van der Waals surface area (Å²) in [5, 5.41) is 6.73. The molecule has 1 aliphatic heterocycles. The van der Waals surface area contributed by atoms with Gasteiger partial charge in [-0.1, -0.05) is 182 Å². The Balaban J connectivity index is 0.989. The van der Waals surface area contributed by atoms with Gasteiger partial charge >= 0.3 is 0 Å². The molecule has 0 atom stereocenters. The van der Waals surface area contributed by atoms with Crippen molar-refractivity contribution in [2.75, 3.05) is 4.90 Å². The fourth-order valence-corrected chi connectivity index (χ4v) is 9.36. The van der Waals surface area contributed by atoms with E-state index in [0.29, 0.717) is 12.3 Å². The Kier molecular flexibility index (Phi) is 9.53. The summed E-state index contributed by atoms with van der Waals surface area (Å²) in [4.78, 5) is 13.0. The predicted molar refractivity (Wildman–Crippen MR) is 273 cm³/mol. The number of anilines is 3. The minimum atomic E-state index is 0.603. The Labute approximate surface area is 377 Å². The van der Waals surface area contributed by atoms with Gasteiger partial charge in [-0.25, -0.2) is 9.98 Å². The normalized spacial score (nSPS) is 12.8. The molecule has 1 aliphatic rings. The summed E-state index contributed by atoms with van der Waals surface area (Å²) in [6.45, 7) is 0. The third-order valence-electron chi connectivity index (χ3n) is 12.5. The maximum Gasteiger partial charge on any atom is 0.160 e. The van der Waals surface area contributed by atoms with Gasteiger partial charge in [0.1, 0.15) is 11.2 Å². The summed E-state index contributed by atoms with van der Waals surface area (Å²) in [7, 11) is 0. The number of benzene rings is 10. The zero-order valence-corrected chi connectivity index (χ0v) is 35.5. The topological polar surface area (TPSA) is 41.1 Å². The van der Waals surface area contributed by atoms with Crippen LogP contribution in [0.2, 0.25) is 0 Å². The van der Waals surface area contributed by atoms with E-state index in [1.165, 1.54) is 16.5 Å². The molecule has 11 aromatic rings. The van der Waals surface area contributed by atoms with E-state index in [2.05, 4.69) is 235 Å². The van der Waals surface area contributed by atoms with E-state index >= 15 is 0 Å². The van der Waals surface area contributed by atoms with Crippen molar-refractivity contribution in [1.29, 1.82) is 0 Å². The van der Waals surface area contributed by atoms with Crippen molar-refractivity contribution in [1.82, 2.24) is 0 Å². The fraction of sp³-hybridized carbons (Fsp3) is 0.0164. The van der Waals surface area contributed by atoms with Crippen molar-refractivity contribution >= 4 is 77.8 Å². The molecule has 0 fully saturated rings. The van der Waals surface area contributed by atoms with Crippen molar-refractivity contribution in [2.45, 2.75) is 6.42 Å². The van der Waals surface area contributed by atoms with E-state index in [1.807, 2.05) is 6.07 Å². The first kappa shape index (κ1) is 38.1. The lowest BCUT2D eigenvalue weighted by Gasteiger charge is -2.26. The average Bonchev–Trinajstić information content (AvgIpc) is 3.60. The lowest BCUT2D eigenvalue weighted by Crippen LogP contribution is -2.09. The van der Waals surface area contributed by atoms with Gasteiger partial charge in [-0.15, -0.1) is 0 Å². The standard InChI is InChI=1S/C61H41N3O/c1-4-15-41(16-5-1)43-29-33-50(34-30-43)64(49-22-8-3-9-23-49)51-35-31-45(32-36-51)58-52-24-13-12-21-47(52)40-54-59-53(25-14-26-57(59)65-60(54)58)56-38-37-55(44-18-6-2-7-19-44)62-61(63-56)48-28-27-42-17-10-11-20-46(42)39-48/h1-37,39-40H,38H2. The first-order valence-electron chi connectivity index (χ1n) is 22.1. The molecule has 10 aromatic carbocycles. The average molecular weight is 832 g/mol. The Morgan fingerprint density at radius 1 is 0.400 bits per heavy atom. The molecular formula is C61H41N3O. The smallest absolute Gasteiger partial charge is 0.160 e. The van der Waals surface area contributed by atoms with E-state index in [9.17, 15) is 0 Å². The lowest BCUT2D eigenvalue weighted by atomic mass is 9.93. The fourth-order valence-electron chi connectivity index (χ4n) is 9.36. The Hall–Kier alpha value is -8.60. The van der Waals surface area contributed by atoms with Crippen LogP contribution < -0.4 is 4.90 Å². The van der Waals surface area contributed by atoms with Gasteiger partial charge in [0, 0.05) is 50.9 Å². The third-order valence-corrected chi connectivity index (χ3v) is 12.5. The van der Waals surface area contributed by atoms with Gasteiger partial charge < -0.3 is 9.32 Å². The van der Waals surface area contributed by atoms with Gasteiger partial charge in [-0.2, -0.15) is 0 Å². The molecule has 0 unspecified atom stereocenters. The number of hydrogen-bond acceptors (Lipinski definition) is 4. The van der Waals surface area contributed by atoms with Crippen molar-refractivity contribution in [3.8, 4) is 22.3 Å². The maximum atomic E-state index is 7.01. The monoisotopic (exact) mass is 831 g/mol. The van der Waals surface area contributed by atoms with Crippen molar-refractivity contribution in [3.63, 3.8) is 0 Å². The molecule has 1 aromatic heterocycles. The van der Waals surface area contributed by atoms with Crippen LogP contribution in [-0.2, 0) is 0 Å². The van der Waals surface area contributed by atoms with Crippen LogP contribution in [0.15, 0.2) is 251 Å². The molecule has 12 rings (SSSR count). The summed E-state index contributed by atoms with van der Waals surface area (Å²) < 4.78 is 7.01. The van der Waals surface area contributed by atoms with E-state index in [4.69, 9.17) is 14.4 Å². The molecule has 4 nitrogen and oxygen atoms in total. The Bertz CT molecular complexity index is 3640. The Morgan fingerprint density at radius 2 is 0.985 bits per heavy atom. The van der Waals surface area contributed by atoms with Crippen molar-refractivity contribution < 1.29 is 4.42 Å². The number of fused-ring (bicyclic) bond motifs is 5. The minimum Gasteiger partial charge on any atom is -0.455 e. The summed E-state index contributed by atoms with van der Waals surface area (Å²) in [6.07, 6.45) is 2.81. The quantitative estimate of drug-likeness (QED) is 0.153. The van der Waals surface area contributed by atoms with E-state index in [0.717, 1.165) is 94.4 Å². The molecular weight excluding hydrogens is 791 g/mol. The molecule has 4 heteroatoms. The molecule has 2 heterocycles. The van der Waals surface area contributed by atoms with Gasteiger partial charge in [0.15, 0.2) is 5.84 Å². The van der Waals surface area contributed by atoms with Gasteiger partial charge in [0.25, 0.3) is 0 Å². The number of para-hydroxylation sites is 1. The van der Waals surface area contributed by atoms with Crippen LogP contribution in [0.5, 0.6) is 0 Å². The molecule has 0 radical (unpaired) electrons. The number of amidine groups is 1. The van der Waals surface area contributed by atoms with Crippen LogP contribution in [0.4, 0.5) is 17.1 Å². The van der Waals surface area contributed by atoms with Gasteiger partial charge in [-0.05, 0) is 98.4 Å². The molecule has 0 bridgehead atoms. The highest BCUT2D eigenvalue weighted by atomic mass is 16.3. The molecule has 0 spiro atoms. The number of rotatable bonds is 8. The minimum absolute atomic E-state index is 0.603. The van der Waals surface area contributed by atoms with Crippen molar-refractivity contribution in [3.05, 3.63) is 253 Å². The van der Waals surface area contributed by atoms with Crippen LogP contribution in [0.1, 0.15) is 23.1 Å². The molecule has 0 saturated carbocycles. The Morgan fingerprint density at radius 3 is 1.72 bits per heavy atom. The number of allylic oxidation sites excluding steroid dienone is 1. The van der Waals surface area contributed by atoms with Crippen LogP contribution >= 0.6 is 0 Å². The van der Waals surface area contributed by atoms with Crippen LogP contribution in [0.25, 0.3) is 71.4 Å². The SMILES string of the molecule is C1=C(c2ccccc2)N=C(c2ccc3ccccc3c2)N=C(c2cccc3oc4c(-c5ccc(N(c6ccccc6)c6ccc(-c7ccccc7)cc6)cc5)c5ccccc5cc4c23)C1. The third kappa shape index (κ3) is 7.08. The van der Waals surface area contributed by atoms with Gasteiger partial charge in [-0.3, -0.25) is 0 Å². The molecule has 0 aliphatic carbocycles. The molecule has 0 N–H and O–H groups in total. The number of hydrogen-bond donors (Lipinski definition) is 0. The highest BCUT2D eigenvalue weighted by Gasteiger charge is 2.23. The first-order chi connectivity index (χ1) is 32.2. The highest BCUT2D eigenvalue weighted by molar-refractivity contribution is 6.26. The lowest BCUT2D eigenvalue weighted by molar-refractivity contribution is 0.670. The van der Waals surface area contributed by atoms with E-state index in [1.54, 1.807) is 0 Å². The summed E-state index contributed by atoms with van der Waals surface area (Å²) in [5.41, 5.74) is 14.4. The molecule has 0 saturated heterocycles. The second-order valence-electron chi connectivity index (χ2n) is 16.5. The van der Waals surface area contributed by atoms with Gasteiger partial charge in [0.05, 0.1) is 11.4 Å². The number of nitrogens with zero attached hydrogens (tertiary/aromatic N) is 3. The van der Waals surface area contributed by atoms with Gasteiger partial charge in [0.2, 0.25) is 0 Å². The zero-order chi connectivity index (χ0) is 43.1. The second kappa shape index (κ2) is 16.3. The number of aliphatic imine (C=N–C) groups is 2. The largest absolute Gasteiger partial charge is 0.455 e. The molecule has 306 valence electrons. The highest BCUT2D eigenvalue weighted by Crippen LogP contribution is 2.44. The second-order valence-corrected chi connectivity index (χ2v) is 16.5. The first-order valence-corrected chi connectivity index (χ1v) is 22.1. The van der Waals surface area contributed by atoms with Crippen molar-refractivity contribution in [2.24, 2.45) is 9.98 Å². The van der Waals surface area contributed by atoms with Crippen LogP contribution in [0.3, 0.4) is 0 Å². The zero-order valence-electron chi connectivity index (χ0n) is 35.5. The van der Waals surface area contributed by atoms with E-state index < -0.39 is 0 Å².